The first kappa shape index (κ1) is 16.8. The van der Waals surface area contributed by atoms with Crippen molar-refractivity contribution in [3.05, 3.63) is 41.3 Å². The lowest BCUT2D eigenvalue weighted by Gasteiger charge is -2.13. The monoisotopic (exact) mass is 329 g/mol. The Morgan fingerprint density at radius 1 is 1.35 bits per heavy atom. The van der Waals surface area contributed by atoms with E-state index in [4.69, 9.17) is 9.84 Å². The van der Waals surface area contributed by atoms with Crippen molar-refractivity contribution in [3.8, 4) is 5.88 Å². The quantitative estimate of drug-likeness (QED) is 0.912. The normalized spacial score (nSPS) is 11.7. The van der Waals surface area contributed by atoms with Crippen LogP contribution in [0, 0.1) is 0 Å². The van der Waals surface area contributed by atoms with Crippen LogP contribution in [0.1, 0.15) is 41.5 Å². The number of aromatic carboxylic acids is 1. The standard InChI is InChI=1S/C14H14F3N3O3/c1-8(2)20-11(10(6-19-20)13(21)22)7-23-12-4-3-9(5-18-12)14(15,16)17/h3-6,8H,7H2,1-2H3,(H,21,22). The van der Waals surface area contributed by atoms with Gasteiger partial charge in [-0.05, 0) is 19.9 Å². The average Bonchev–Trinajstić information content (AvgIpc) is 2.88. The molecule has 0 radical (unpaired) electrons. The molecule has 2 rings (SSSR count). The van der Waals surface area contributed by atoms with Crippen LogP contribution in [0.25, 0.3) is 0 Å². The second-order valence-corrected chi connectivity index (χ2v) is 5.02. The van der Waals surface area contributed by atoms with Gasteiger partial charge in [0.1, 0.15) is 12.2 Å². The molecular weight excluding hydrogens is 315 g/mol. The molecule has 23 heavy (non-hydrogen) atoms. The number of hydrogen-bond donors (Lipinski definition) is 1. The zero-order chi connectivity index (χ0) is 17.2. The third-order valence-corrected chi connectivity index (χ3v) is 3.04. The third-order valence-electron chi connectivity index (χ3n) is 3.04. The summed E-state index contributed by atoms with van der Waals surface area (Å²) in [7, 11) is 0. The van der Waals surface area contributed by atoms with Crippen LogP contribution in [0.4, 0.5) is 13.2 Å². The van der Waals surface area contributed by atoms with Crippen LogP contribution in [0.5, 0.6) is 5.88 Å². The highest BCUT2D eigenvalue weighted by Gasteiger charge is 2.30. The summed E-state index contributed by atoms with van der Waals surface area (Å²) in [5.74, 6) is -1.19. The van der Waals surface area contributed by atoms with Gasteiger partial charge in [0.05, 0.1) is 17.5 Å². The number of carboxylic acid groups (broad SMARTS) is 1. The van der Waals surface area contributed by atoms with Gasteiger partial charge in [-0.3, -0.25) is 4.68 Å². The van der Waals surface area contributed by atoms with Crippen molar-refractivity contribution in [2.24, 2.45) is 0 Å². The van der Waals surface area contributed by atoms with Gasteiger partial charge < -0.3 is 9.84 Å². The van der Waals surface area contributed by atoms with Crippen molar-refractivity contribution in [1.82, 2.24) is 14.8 Å². The molecule has 9 heteroatoms. The van der Waals surface area contributed by atoms with E-state index in [9.17, 15) is 18.0 Å². The van der Waals surface area contributed by atoms with E-state index in [1.54, 1.807) is 0 Å². The lowest BCUT2D eigenvalue weighted by Crippen LogP contribution is -2.13. The molecule has 0 saturated heterocycles. The number of aromatic nitrogens is 3. The Hall–Kier alpha value is -2.58. The Kier molecular flexibility index (Phi) is 4.57. The summed E-state index contributed by atoms with van der Waals surface area (Å²) in [5.41, 5.74) is -0.594. The maximum atomic E-state index is 12.5. The fraction of sp³-hybridized carbons (Fsp3) is 0.357. The number of nitrogens with zero attached hydrogens (tertiary/aromatic N) is 3. The summed E-state index contributed by atoms with van der Waals surface area (Å²) in [6.45, 7) is 3.47. The lowest BCUT2D eigenvalue weighted by molar-refractivity contribution is -0.137. The van der Waals surface area contributed by atoms with Crippen molar-refractivity contribution in [1.29, 1.82) is 0 Å². The van der Waals surface area contributed by atoms with Crippen molar-refractivity contribution >= 4 is 5.97 Å². The number of halogens is 3. The molecule has 2 heterocycles. The number of hydrogen-bond acceptors (Lipinski definition) is 4. The minimum Gasteiger partial charge on any atom is -0.478 e. The van der Waals surface area contributed by atoms with Gasteiger partial charge in [0.2, 0.25) is 5.88 Å². The number of rotatable bonds is 5. The Bertz CT molecular complexity index is 694. The Morgan fingerprint density at radius 3 is 2.52 bits per heavy atom. The van der Waals surface area contributed by atoms with E-state index in [-0.39, 0.29) is 24.1 Å². The van der Waals surface area contributed by atoms with E-state index in [0.717, 1.165) is 12.1 Å². The maximum Gasteiger partial charge on any atom is 0.417 e. The van der Waals surface area contributed by atoms with Crippen LogP contribution in [0.2, 0.25) is 0 Å². The number of carboxylic acids is 1. The van der Waals surface area contributed by atoms with Gasteiger partial charge in [0.25, 0.3) is 0 Å². The first-order chi connectivity index (χ1) is 10.7. The predicted molar refractivity (Wildman–Crippen MR) is 73.1 cm³/mol. The molecule has 2 aromatic heterocycles. The molecule has 0 unspecified atom stereocenters. The second-order valence-electron chi connectivity index (χ2n) is 5.02. The van der Waals surface area contributed by atoms with Gasteiger partial charge in [-0.15, -0.1) is 0 Å². The molecule has 0 aromatic carbocycles. The molecule has 6 nitrogen and oxygen atoms in total. The van der Waals surface area contributed by atoms with Crippen LogP contribution >= 0.6 is 0 Å². The largest absolute Gasteiger partial charge is 0.478 e. The SMILES string of the molecule is CC(C)n1ncc(C(=O)O)c1COc1ccc(C(F)(F)F)cn1. The van der Waals surface area contributed by atoms with Crippen LogP contribution in [0.3, 0.4) is 0 Å². The zero-order valence-corrected chi connectivity index (χ0v) is 12.3. The number of alkyl halides is 3. The number of ether oxygens (including phenoxy) is 1. The number of pyridine rings is 1. The number of carbonyl (C=O) groups is 1. The average molecular weight is 329 g/mol. The highest BCUT2D eigenvalue weighted by Crippen LogP contribution is 2.29. The van der Waals surface area contributed by atoms with Crippen molar-refractivity contribution in [3.63, 3.8) is 0 Å². The van der Waals surface area contributed by atoms with E-state index in [0.29, 0.717) is 11.9 Å². The van der Waals surface area contributed by atoms with E-state index < -0.39 is 17.7 Å². The van der Waals surface area contributed by atoms with E-state index >= 15 is 0 Å². The van der Waals surface area contributed by atoms with Crippen LogP contribution in [0.15, 0.2) is 24.5 Å². The molecule has 0 aliphatic rings. The highest BCUT2D eigenvalue weighted by atomic mass is 19.4. The summed E-state index contributed by atoms with van der Waals surface area (Å²) >= 11 is 0. The molecule has 0 aliphatic carbocycles. The fourth-order valence-corrected chi connectivity index (χ4v) is 1.93. The van der Waals surface area contributed by atoms with Crippen molar-refractivity contribution < 1.29 is 27.8 Å². The molecule has 0 aliphatic heterocycles. The minimum absolute atomic E-state index is 0.0226. The predicted octanol–water partition coefficient (Wildman–Crippen LogP) is 3.16. The van der Waals surface area contributed by atoms with Crippen LogP contribution < -0.4 is 4.74 Å². The third kappa shape index (κ3) is 3.79. The van der Waals surface area contributed by atoms with E-state index in [1.165, 1.54) is 10.9 Å². The molecule has 0 atom stereocenters. The minimum atomic E-state index is -4.47. The van der Waals surface area contributed by atoms with Gasteiger partial charge in [-0.2, -0.15) is 18.3 Å². The first-order valence-electron chi connectivity index (χ1n) is 6.66. The van der Waals surface area contributed by atoms with Crippen molar-refractivity contribution in [2.45, 2.75) is 32.7 Å². The van der Waals surface area contributed by atoms with Gasteiger partial charge in [-0.25, -0.2) is 9.78 Å². The van der Waals surface area contributed by atoms with E-state index in [1.807, 2.05) is 13.8 Å². The summed E-state index contributed by atoms with van der Waals surface area (Å²) in [4.78, 5) is 14.7. The van der Waals surface area contributed by atoms with Gasteiger partial charge in [-0.1, -0.05) is 0 Å². The molecule has 0 fully saturated rings. The fourth-order valence-electron chi connectivity index (χ4n) is 1.93. The molecule has 0 saturated carbocycles. The van der Waals surface area contributed by atoms with E-state index in [2.05, 4.69) is 10.1 Å². The molecular formula is C14H14F3N3O3. The topological polar surface area (TPSA) is 77.2 Å². The van der Waals surface area contributed by atoms with Gasteiger partial charge in [0.15, 0.2) is 0 Å². The molecule has 0 amide bonds. The molecule has 1 N–H and O–H groups in total. The molecule has 2 aromatic rings. The summed E-state index contributed by atoms with van der Waals surface area (Å²) in [5, 5.41) is 13.1. The Labute approximate surface area is 129 Å². The lowest BCUT2D eigenvalue weighted by atomic mass is 10.2. The Balaban J connectivity index is 2.17. The highest BCUT2D eigenvalue weighted by molar-refractivity contribution is 5.88. The second kappa shape index (κ2) is 6.27. The van der Waals surface area contributed by atoms with Crippen molar-refractivity contribution in [2.75, 3.05) is 0 Å². The summed E-state index contributed by atoms with van der Waals surface area (Å²) < 4.78 is 44.1. The van der Waals surface area contributed by atoms with Gasteiger partial charge >= 0.3 is 12.1 Å². The van der Waals surface area contributed by atoms with Crippen LogP contribution in [-0.4, -0.2) is 25.8 Å². The van der Waals surface area contributed by atoms with Crippen LogP contribution in [-0.2, 0) is 12.8 Å². The molecule has 124 valence electrons. The zero-order valence-electron chi connectivity index (χ0n) is 12.3. The van der Waals surface area contributed by atoms with Gasteiger partial charge in [0, 0.05) is 18.3 Å². The Morgan fingerprint density at radius 2 is 2.04 bits per heavy atom. The maximum absolute atomic E-state index is 12.5. The molecule has 0 spiro atoms. The first-order valence-corrected chi connectivity index (χ1v) is 6.66. The molecule has 0 bridgehead atoms. The summed E-state index contributed by atoms with van der Waals surface area (Å²) in [6, 6.07) is 1.83. The smallest absolute Gasteiger partial charge is 0.417 e. The summed E-state index contributed by atoms with van der Waals surface area (Å²) in [6.07, 6.45) is -2.60.